The predicted octanol–water partition coefficient (Wildman–Crippen LogP) is 3.48. The lowest BCUT2D eigenvalue weighted by Gasteiger charge is -2.08. The first-order valence-corrected chi connectivity index (χ1v) is 6.98. The number of rotatable bonds is 5. The van der Waals surface area contributed by atoms with Crippen LogP contribution in [0.1, 0.15) is 55.6 Å². The molecule has 1 saturated carbocycles. The van der Waals surface area contributed by atoms with Crippen molar-refractivity contribution in [1.82, 2.24) is 5.32 Å². The van der Waals surface area contributed by atoms with Gasteiger partial charge in [-0.2, -0.15) is 0 Å². The minimum Gasteiger partial charge on any atom is -0.466 e. The lowest BCUT2D eigenvalue weighted by molar-refractivity contribution is -0.121. The standard InChI is InChI=1S/C15H23NO2/c1-11-9-14(12(2)18-11)10-16-15(17)8-7-13-5-3-4-6-13/h9,13H,3-8,10H2,1-2H3,(H,16,17). The Hall–Kier alpha value is -1.25. The van der Waals surface area contributed by atoms with Gasteiger partial charge in [0.2, 0.25) is 5.91 Å². The van der Waals surface area contributed by atoms with E-state index in [4.69, 9.17) is 4.42 Å². The molecular weight excluding hydrogens is 226 g/mol. The molecule has 0 bridgehead atoms. The zero-order valence-electron chi connectivity index (χ0n) is 11.4. The zero-order valence-corrected chi connectivity index (χ0v) is 11.4. The molecule has 1 aliphatic rings. The Kier molecular flexibility index (Phi) is 4.45. The van der Waals surface area contributed by atoms with Crippen molar-refractivity contribution < 1.29 is 9.21 Å². The van der Waals surface area contributed by atoms with Crippen LogP contribution in [0.15, 0.2) is 10.5 Å². The van der Waals surface area contributed by atoms with Gasteiger partial charge in [0.05, 0.1) is 0 Å². The molecule has 1 heterocycles. The van der Waals surface area contributed by atoms with Crippen LogP contribution in [0.5, 0.6) is 0 Å². The summed E-state index contributed by atoms with van der Waals surface area (Å²) in [4.78, 5) is 11.7. The highest BCUT2D eigenvalue weighted by atomic mass is 16.3. The molecule has 0 unspecified atom stereocenters. The number of hydrogen-bond donors (Lipinski definition) is 1. The summed E-state index contributed by atoms with van der Waals surface area (Å²) in [5.74, 6) is 2.76. The second kappa shape index (κ2) is 6.07. The van der Waals surface area contributed by atoms with Crippen molar-refractivity contribution in [2.24, 2.45) is 5.92 Å². The smallest absolute Gasteiger partial charge is 0.220 e. The number of furan rings is 1. The molecule has 1 amide bonds. The molecule has 1 N–H and O–H groups in total. The van der Waals surface area contributed by atoms with Gasteiger partial charge >= 0.3 is 0 Å². The van der Waals surface area contributed by atoms with Crippen LogP contribution in [-0.2, 0) is 11.3 Å². The highest BCUT2D eigenvalue weighted by Gasteiger charge is 2.16. The lowest BCUT2D eigenvalue weighted by Crippen LogP contribution is -2.23. The molecule has 2 rings (SSSR count). The van der Waals surface area contributed by atoms with Gasteiger partial charge < -0.3 is 9.73 Å². The first-order valence-electron chi connectivity index (χ1n) is 6.98. The number of hydrogen-bond acceptors (Lipinski definition) is 2. The molecule has 3 heteroatoms. The fourth-order valence-electron chi connectivity index (χ4n) is 2.78. The van der Waals surface area contributed by atoms with Gasteiger partial charge in [0.15, 0.2) is 0 Å². The summed E-state index contributed by atoms with van der Waals surface area (Å²) in [6.45, 7) is 4.46. The highest BCUT2D eigenvalue weighted by Crippen LogP contribution is 2.28. The SMILES string of the molecule is Cc1cc(CNC(=O)CCC2CCCC2)c(C)o1. The Morgan fingerprint density at radius 2 is 2.11 bits per heavy atom. The van der Waals surface area contributed by atoms with Gasteiger partial charge in [-0.15, -0.1) is 0 Å². The minimum atomic E-state index is 0.167. The van der Waals surface area contributed by atoms with Gasteiger partial charge in [-0.05, 0) is 32.3 Å². The van der Waals surface area contributed by atoms with Crippen LogP contribution in [-0.4, -0.2) is 5.91 Å². The third kappa shape index (κ3) is 3.62. The molecule has 0 aromatic carbocycles. The lowest BCUT2D eigenvalue weighted by atomic mass is 10.0. The fourth-order valence-corrected chi connectivity index (χ4v) is 2.78. The molecule has 3 nitrogen and oxygen atoms in total. The zero-order chi connectivity index (χ0) is 13.0. The Morgan fingerprint density at radius 1 is 1.39 bits per heavy atom. The Morgan fingerprint density at radius 3 is 2.72 bits per heavy atom. The number of carbonyl (C=O) groups is 1. The van der Waals surface area contributed by atoms with Crippen molar-refractivity contribution in [2.75, 3.05) is 0 Å². The molecule has 1 aromatic heterocycles. The van der Waals surface area contributed by atoms with Crippen molar-refractivity contribution in [1.29, 1.82) is 0 Å². The fraction of sp³-hybridized carbons (Fsp3) is 0.667. The van der Waals surface area contributed by atoms with E-state index in [0.29, 0.717) is 13.0 Å². The Labute approximate surface area is 109 Å². The predicted molar refractivity (Wildman–Crippen MR) is 71.2 cm³/mol. The largest absolute Gasteiger partial charge is 0.466 e. The molecule has 1 fully saturated rings. The molecule has 0 radical (unpaired) electrons. The van der Waals surface area contributed by atoms with Crippen molar-refractivity contribution >= 4 is 5.91 Å². The normalized spacial score (nSPS) is 16.1. The van der Waals surface area contributed by atoms with Gasteiger partial charge in [-0.25, -0.2) is 0 Å². The van der Waals surface area contributed by atoms with Crippen LogP contribution in [0.2, 0.25) is 0 Å². The highest BCUT2D eigenvalue weighted by molar-refractivity contribution is 5.75. The van der Waals surface area contributed by atoms with E-state index in [1.54, 1.807) is 0 Å². The molecule has 1 aromatic rings. The van der Waals surface area contributed by atoms with Crippen molar-refractivity contribution in [3.8, 4) is 0 Å². The summed E-state index contributed by atoms with van der Waals surface area (Å²) < 4.78 is 5.44. The van der Waals surface area contributed by atoms with Crippen molar-refractivity contribution in [2.45, 2.75) is 58.9 Å². The van der Waals surface area contributed by atoms with E-state index in [9.17, 15) is 4.79 Å². The van der Waals surface area contributed by atoms with E-state index in [1.165, 1.54) is 25.7 Å². The average molecular weight is 249 g/mol. The van der Waals surface area contributed by atoms with Gasteiger partial charge in [-0.3, -0.25) is 4.79 Å². The van der Waals surface area contributed by atoms with E-state index in [1.807, 2.05) is 19.9 Å². The second-order valence-electron chi connectivity index (χ2n) is 5.40. The second-order valence-corrected chi connectivity index (χ2v) is 5.40. The molecule has 0 atom stereocenters. The van der Waals surface area contributed by atoms with Crippen LogP contribution in [0.3, 0.4) is 0 Å². The maximum atomic E-state index is 11.7. The molecule has 0 spiro atoms. The van der Waals surface area contributed by atoms with Crippen LogP contribution in [0.25, 0.3) is 0 Å². The third-order valence-electron chi connectivity index (χ3n) is 3.87. The van der Waals surface area contributed by atoms with E-state index in [-0.39, 0.29) is 5.91 Å². The Balaban J connectivity index is 1.69. The van der Waals surface area contributed by atoms with E-state index < -0.39 is 0 Å². The summed E-state index contributed by atoms with van der Waals surface area (Å²) in [6, 6.07) is 1.99. The summed E-state index contributed by atoms with van der Waals surface area (Å²) in [7, 11) is 0. The topological polar surface area (TPSA) is 42.2 Å². The monoisotopic (exact) mass is 249 g/mol. The maximum absolute atomic E-state index is 11.7. The third-order valence-corrected chi connectivity index (χ3v) is 3.87. The van der Waals surface area contributed by atoms with Crippen LogP contribution in [0, 0.1) is 19.8 Å². The maximum Gasteiger partial charge on any atom is 0.220 e. The first-order chi connectivity index (χ1) is 8.65. The van der Waals surface area contributed by atoms with E-state index >= 15 is 0 Å². The molecule has 0 aliphatic heterocycles. The summed E-state index contributed by atoms with van der Waals surface area (Å²) in [6.07, 6.45) is 7.04. The van der Waals surface area contributed by atoms with Gasteiger partial charge in [0.25, 0.3) is 0 Å². The van der Waals surface area contributed by atoms with E-state index in [2.05, 4.69) is 5.32 Å². The summed E-state index contributed by atoms with van der Waals surface area (Å²) in [5.41, 5.74) is 1.08. The van der Waals surface area contributed by atoms with Gasteiger partial charge in [-0.1, -0.05) is 25.7 Å². The van der Waals surface area contributed by atoms with Gasteiger partial charge in [0.1, 0.15) is 11.5 Å². The summed E-state index contributed by atoms with van der Waals surface area (Å²) in [5, 5.41) is 2.98. The molecule has 0 saturated heterocycles. The number of nitrogens with one attached hydrogen (secondary N) is 1. The molecule has 100 valence electrons. The average Bonchev–Trinajstić information content (AvgIpc) is 2.94. The molecule has 18 heavy (non-hydrogen) atoms. The first kappa shape index (κ1) is 13.2. The number of aryl methyl sites for hydroxylation is 2. The van der Waals surface area contributed by atoms with E-state index in [0.717, 1.165) is 29.4 Å². The van der Waals surface area contributed by atoms with Crippen LogP contribution < -0.4 is 5.32 Å². The van der Waals surface area contributed by atoms with Crippen LogP contribution in [0.4, 0.5) is 0 Å². The van der Waals surface area contributed by atoms with Crippen molar-refractivity contribution in [3.05, 3.63) is 23.2 Å². The molecular formula is C15H23NO2. The van der Waals surface area contributed by atoms with Crippen molar-refractivity contribution in [3.63, 3.8) is 0 Å². The summed E-state index contributed by atoms with van der Waals surface area (Å²) >= 11 is 0. The number of carbonyl (C=O) groups excluding carboxylic acids is 1. The minimum absolute atomic E-state index is 0.167. The molecule has 1 aliphatic carbocycles. The quantitative estimate of drug-likeness (QED) is 0.868. The van der Waals surface area contributed by atoms with Crippen LogP contribution >= 0.6 is 0 Å². The number of amides is 1. The Bertz CT molecular complexity index is 403. The van der Waals surface area contributed by atoms with Gasteiger partial charge in [0, 0.05) is 18.5 Å².